The number of ether oxygens (including phenoxy) is 1. The van der Waals surface area contributed by atoms with E-state index in [1.165, 1.54) is 19.3 Å². The van der Waals surface area contributed by atoms with Crippen molar-refractivity contribution in [2.75, 3.05) is 26.3 Å². The first-order valence-electron chi connectivity index (χ1n) is 6.62. The summed E-state index contributed by atoms with van der Waals surface area (Å²) in [4.78, 5) is 0. The molecule has 96 valence electrons. The van der Waals surface area contributed by atoms with Gasteiger partial charge in [0.1, 0.15) is 0 Å². The van der Waals surface area contributed by atoms with E-state index in [4.69, 9.17) is 16.3 Å². The number of hydrogen-bond donors (Lipinski definition) is 1. The molecule has 0 aromatic rings. The molecule has 2 nitrogen and oxygen atoms in total. The molecule has 1 fully saturated rings. The van der Waals surface area contributed by atoms with Gasteiger partial charge in [-0.3, -0.25) is 0 Å². The molecule has 2 atom stereocenters. The molecule has 1 rings (SSSR count). The van der Waals surface area contributed by atoms with Crippen molar-refractivity contribution in [1.29, 1.82) is 0 Å². The maximum atomic E-state index is 6.20. The second-order valence-corrected chi connectivity index (χ2v) is 5.77. The first-order valence-corrected chi connectivity index (χ1v) is 7.06. The Morgan fingerprint density at radius 3 is 2.75 bits per heavy atom. The second-order valence-electron chi connectivity index (χ2n) is 5.21. The maximum absolute atomic E-state index is 6.20. The minimum Gasteiger partial charge on any atom is -0.380 e. The van der Waals surface area contributed by atoms with Gasteiger partial charge in [-0.1, -0.05) is 20.3 Å². The molecule has 16 heavy (non-hydrogen) atoms. The first kappa shape index (κ1) is 14.3. The van der Waals surface area contributed by atoms with Crippen LogP contribution in [0.4, 0.5) is 0 Å². The van der Waals surface area contributed by atoms with Crippen molar-refractivity contribution in [3.8, 4) is 0 Å². The summed E-state index contributed by atoms with van der Waals surface area (Å²) in [6, 6.07) is 0. The zero-order valence-electron chi connectivity index (χ0n) is 10.7. The normalized spacial score (nSPS) is 25.5. The summed E-state index contributed by atoms with van der Waals surface area (Å²) in [5.41, 5.74) is 0. The molecular formula is C13H26ClNO. The van der Waals surface area contributed by atoms with Gasteiger partial charge in [0.2, 0.25) is 0 Å². The van der Waals surface area contributed by atoms with Crippen LogP contribution in [0, 0.1) is 11.8 Å². The van der Waals surface area contributed by atoms with Gasteiger partial charge in [-0.2, -0.15) is 0 Å². The zero-order valence-corrected chi connectivity index (χ0v) is 11.4. The average molecular weight is 248 g/mol. The molecule has 3 heteroatoms. The molecular weight excluding hydrogens is 222 g/mol. The van der Waals surface area contributed by atoms with E-state index < -0.39 is 0 Å². The van der Waals surface area contributed by atoms with Gasteiger partial charge in [-0.05, 0) is 37.6 Å². The number of hydrogen-bond acceptors (Lipinski definition) is 2. The molecule has 0 aromatic heterocycles. The summed E-state index contributed by atoms with van der Waals surface area (Å²) in [6.45, 7) is 8.18. The van der Waals surface area contributed by atoms with Crippen LogP contribution in [0.2, 0.25) is 0 Å². The Bertz CT molecular complexity index is 175. The Morgan fingerprint density at radius 2 is 2.12 bits per heavy atom. The van der Waals surface area contributed by atoms with Crippen LogP contribution in [0.15, 0.2) is 0 Å². The lowest BCUT2D eigenvalue weighted by Crippen LogP contribution is -2.28. The van der Waals surface area contributed by atoms with Crippen molar-refractivity contribution < 1.29 is 4.74 Å². The third-order valence-corrected chi connectivity index (χ3v) is 3.81. The fraction of sp³-hybridized carbons (Fsp3) is 1.00. The number of alkyl halides is 1. The monoisotopic (exact) mass is 247 g/mol. The van der Waals surface area contributed by atoms with Crippen molar-refractivity contribution >= 4 is 11.6 Å². The Morgan fingerprint density at radius 1 is 1.31 bits per heavy atom. The van der Waals surface area contributed by atoms with Crippen molar-refractivity contribution in [3.05, 3.63) is 0 Å². The highest BCUT2D eigenvalue weighted by atomic mass is 35.5. The molecule has 1 aliphatic carbocycles. The number of nitrogens with one attached hydrogen (secondary N) is 1. The standard InChI is InChI=1S/C13H26ClNO/c1-11(2)6-8-16-9-7-15-10-12-4-3-5-13(12)14/h11-13,15H,3-10H2,1-2H3. The topological polar surface area (TPSA) is 21.3 Å². The van der Waals surface area contributed by atoms with Crippen LogP contribution in [-0.4, -0.2) is 31.7 Å². The van der Waals surface area contributed by atoms with Gasteiger partial charge in [0.15, 0.2) is 0 Å². The van der Waals surface area contributed by atoms with Crippen LogP contribution in [0.5, 0.6) is 0 Å². The lowest BCUT2D eigenvalue weighted by Gasteiger charge is -2.14. The quantitative estimate of drug-likeness (QED) is 0.526. The lowest BCUT2D eigenvalue weighted by atomic mass is 10.1. The van der Waals surface area contributed by atoms with Crippen molar-refractivity contribution in [3.63, 3.8) is 0 Å². The predicted molar refractivity (Wildman–Crippen MR) is 70.1 cm³/mol. The zero-order chi connectivity index (χ0) is 11.8. The van der Waals surface area contributed by atoms with E-state index in [2.05, 4.69) is 19.2 Å². The van der Waals surface area contributed by atoms with E-state index in [9.17, 15) is 0 Å². The van der Waals surface area contributed by atoms with Crippen LogP contribution in [-0.2, 0) is 4.74 Å². The predicted octanol–water partition coefficient (Wildman–Crippen LogP) is 3.05. The number of rotatable bonds is 8. The molecule has 2 unspecified atom stereocenters. The fourth-order valence-corrected chi connectivity index (χ4v) is 2.44. The van der Waals surface area contributed by atoms with Gasteiger partial charge < -0.3 is 10.1 Å². The fourth-order valence-electron chi connectivity index (χ4n) is 2.07. The first-order chi connectivity index (χ1) is 7.70. The van der Waals surface area contributed by atoms with Gasteiger partial charge >= 0.3 is 0 Å². The van der Waals surface area contributed by atoms with Gasteiger partial charge in [0.25, 0.3) is 0 Å². The Hall–Kier alpha value is 0.210. The van der Waals surface area contributed by atoms with E-state index in [1.54, 1.807) is 0 Å². The highest BCUT2D eigenvalue weighted by molar-refractivity contribution is 6.20. The van der Waals surface area contributed by atoms with Crippen molar-refractivity contribution in [2.24, 2.45) is 11.8 Å². The SMILES string of the molecule is CC(C)CCOCCNCC1CCCC1Cl. The van der Waals surface area contributed by atoms with Gasteiger partial charge in [-0.25, -0.2) is 0 Å². The van der Waals surface area contributed by atoms with Crippen LogP contribution < -0.4 is 5.32 Å². The maximum Gasteiger partial charge on any atom is 0.0590 e. The molecule has 0 heterocycles. The summed E-state index contributed by atoms with van der Waals surface area (Å²) >= 11 is 6.20. The largest absolute Gasteiger partial charge is 0.380 e. The second kappa shape index (κ2) is 8.32. The highest BCUT2D eigenvalue weighted by Gasteiger charge is 2.24. The molecule has 1 saturated carbocycles. The molecule has 1 N–H and O–H groups in total. The van der Waals surface area contributed by atoms with E-state index in [1.807, 2.05) is 0 Å². The highest BCUT2D eigenvalue weighted by Crippen LogP contribution is 2.29. The van der Waals surface area contributed by atoms with Crippen molar-refractivity contribution in [2.45, 2.75) is 44.9 Å². The van der Waals surface area contributed by atoms with Gasteiger partial charge in [0.05, 0.1) is 6.61 Å². The molecule has 0 saturated heterocycles. The molecule has 0 radical (unpaired) electrons. The van der Waals surface area contributed by atoms with Crippen molar-refractivity contribution in [1.82, 2.24) is 5.32 Å². The summed E-state index contributed by atoms with van der Waals surface area (Å²) in [5.74, 6) is 1.42. The third kappa shape index (κ3) is 6.07. The average Bonchev–Trinajstić information content (AvgIpc) is 2.62. The minimum atomic E-state index is 0.398. The van der Waals surface area contributed by atoms with Gasteiger partial charge in [-0.15, -0.1) is 11.6 Å². The Labute approximate surface area is 105 Å². The van der Waals surface area contributed by atoms with Gasteiger partial charge in [0, 0.05) is 18.5 Å². The lowest BCUT2D eigenvalue weighted by molar-refractivity contribution is 0.124. The summed E-state index contributed by atoms with van der Waals surface area (Å²) < 4.78 is 5.54. The Balaban J connectivity index is 1.84. The smallest absolute Gasteiger partial charge is 0.0590 e. The van der Waals surface area contributed by atoms with Crippen LogP contribution in [0.25, 0.3) is 0 Å². The molecule has 0 aliphatic heterocycles. The summed E-state index contributed by atoms with van der Waals surface area (Å²) in [6.07, 6.45) is 4.94. The van der Waals surface area contributed by atoms with E-state index in [0.717, 1.165) is 38.6 Å². The molecule has 0 bridgehead atoms. The molecule has 1 aliphatic rings. The van der Waals surface area contributed by atoms with Crippen LogP contribution in [0.1, 0.15) is 39.5 Å². The molecule has 0 amide bonds. The summed E-state index contributed by atoms with van der Waals surface area (Å²) in [5, 5.41) is 3.83. The van der Waals surface area contributed by atoms with E-state index in [-0.39, 0.29) is 0 Å². The Kier molecular flexibility index (Phi) is 7.42. The number of halogens is 1. The minimum absolute atomic E-state index is 0.398. The molecule has 0 aromatic carbocycles. The summed E-state index contributed by atoms with van der Waals surface area (Å²) in [7, 11) is 0. The third-order valence-electron chi connectivity index (χ3n) is 3.24. The van der Waals surface area contributed by atoms with Crippen LogP contribution >= 0.6 is 11.6 Å². The molecule has 0 spiro atoms. The van der Waals surface area contributed by atoms with E-state index >= 15 is 0 Å². The van der Waals surface area contributed by atoms with E-state index in [0.29, 0.717) is 11.3 Å². The van der Waals surface area contributed by atoms with Crippen LogP contribution in [0.3, 0.4) is 0 Å².